The lowest BCUT2D eigenvalue weighted by Crippen LogP contribution is -2.40. The highest BCUT2D eigenvalue weighted by molar-refractivity contribution is 8.76. The first-order valence-electron chi connectivity index (χ1n) is 19.4. The summed E-state index contributed by atoms with van der Waals surface area (Å²) in [6.07, 6.45) is 7.86. The van der Waals surface area contributed by atoms with Crippen molar-refractivity contribution in [1.29, 1.82) is 0 Å². The van der Waals surface area contributed by atoms with Crippen molar-refractivity contribution in [2.24, 2.45) is 0 Å². The molecule has 0 aliphatic rings. The van der Waals surface area contributed by atoms with E-state index in [4.69, 9.17) is 18.9 Å². The first kappa shape index (κ1) is 48.2. The van der Waals surface area contributed by atoms with Gasteiger partial charge in [-0.25, -0.2) is 19.2 Å². The first-order valence-corrected chi connectivity index (χ1v) is 21.9. The highest BCUT2D eigenvalue weighted by atomic mass is 33.1. The summed E-state index contributed by atoms with van der Waals surface area (Å²) in [5.74, 6) is 0.692. The quantitative estimate of drug-likeness (QED) is 0.0465. The summed E-state index contributed by atoms with van der Waals surface area (Å²) >= 11 is 0. The van der Waals surface area contributed by atoms with E-state index in [9.17, 15) is 19.2 Å². The average Bonchev–Trinajstić information content (AvgIpc) is 3.08. The molecule has 0 spiro atoms. The van der Waals surface area contributed by atoms with Crippen molar-refractivity contribution in [2.75, 3.05) is 24.7 Å². The number of esters is 2. The lowest BCUT2D eigenvalue weighted by Gasteiger charge is -2.23. The van der Waals surface area contributed by atoms with Gasteiger partial charge in [-0.1, -0.05) is 97.9 Å². The van der Waals surface area contributed by atoms with Gasteiger partial charge in [-0.05, 0) is 114 Å². The topological polar surface area (TPSA) is 129 Å². The number of hydrogen-bond donors (Lipinski definition) is 2. The van der Waals surface area contributed by atoms with Gasteiger partial charge in [0.15, 0.2) is 0 Å². The van der Waals surface area contributed by atoms with Crippen molar-refractivity contribution >= 4 is 45.7 Å². The Morgan fingerprint density at radius 3 is 1.29 bits per heavy atom. The molecule has 0 aliphatic heterocycles. The second kappa shape index (κ2) is 23.4. The van der Waals surface area contributed by atoms with Crippen LogP contribution in [0.4, 0.5) is 9.59 Å². The molecule has 2 aromatic carbocycles. The van der Waals surface area contributed by atoms with Gasteiger partial charge in [0.2, 0.25) is 0 Å². The predicted octanol–water partition coefficient (Wildman–Crippen LogP) is 10.4. The van der Waals surface area contributed by atoms with Crippen LogP contribution in [0.1, 0.15) is 138 Å². The van der Waals surface area contributed by atoms with E-state index in [0.717, 1.165) is 22.3 Å². The number of ether oxygens (including phenoxy) is 4. The zero-order valence-electron chi connectivity index (χ0n) is 35.4. The molecule has 0 saturated carbocycles. The number of carbonyl (C=O) groups is 4. The van der Waals surface area contributed by atoms with Crippen LogP contribution in [0.15, 0.2) is 60.7 Å². The molecule has 0 aromatic heterocycles. The summed E-state index contributed by atoms with van der Waals surface area (Å²) in [6.45, 7) is 23.3. The van der Waals surface area contributed by atoms with Gasteiger partial charge in [0.05, 0.1) is 36.4 Å². The molecule has 0 aliphatic carbocycles. The number of alkyl carbamates (subject to hydrolysis) is 2. The molecule has 0 bridgehead atoms. The van der Waals surface area contributed by atoms with Gasteiger partial charge in [-0.3, -0.25) is 0 Å². The van der Waals surface area contributed by atoms with Crippen LogP contribution >= 0.6 is 21.6 Å². The van der Waals surface area contributed by atoms with E-state index in [1.54, 1.807) is 35.4 Å². The zero-order valence-corrected chi connectivity index (χ0v) is 37.0. The van der Waals surface area contributed by atoms with Gasteiger partial charge in [-0.2, -0.15) is 0 Å². The van der Waals surface area contributed by atoms with Crippen LogP contribution in [0.2, 0.25) is 0 Å². The van der Waals surface area contributed by atoms with E-state index in [2.05, 4.69) is 10.6 Å². The highest BCUT2D eigenvalue weighted by Gasteiger charge is 2.22. The van der Waals surface area contributed by atoms with Gasteiger partial charge < -0.3 is 29.6 Å². The van der Waals surface area contributed by atoms with E-state index < -0.39 is 23.4 Å². The van der Waals surface area contributed by atoms with Crippen LogP contribution in [0.25, 0.3) is 0 Å². The molecule has 2 amide bonds. The number of rotatable bonds is 19. The molecule has 2 N–H and O–H groups in total. The summed E-state index contributed by atoms with van der Waals surface area (Å²) in [5, 5.41) is 5.93. The third-order valence-electron chi connectivity index (χ3n) is 7.90. The fourth-order valence-electron chi connectivity index (χ4n) is 5.43. The van der Waals surface area contributed by atoms with Gasteiger partial charge in [-0.15, -0.1) is 0 Å². The monoisotopic (exact) mass is 812 g/mol. The molecule has 2 rings (SSSR count). The predicted molar refractivity (Wildman–Crippen MR) is 230 cm³/mol. The van der Waals surface area contributed by atoms with E-state index in [-0.39, 0.29) is 35.9 Å². The molecule has 2 atom stereocenters. The summed E-state index contributed by atoms with van der Waals surface area (Å²) in [7, 11) is 3.11. The fourth-order valence-corrected chi connectivity index (χ4v) is 7.76. The Bertz CT molecular complexity index is 1540. The first-order chi connectivity index (χ1) is 26.2. The minimum absolute atomic E-state index is 0.165. The summed E-state index contributed by atoms with van der Waals surface area (Å²) in [4.78, 5) is 51.0. The lowest BCUT2D eigenvalue weighted by atomic mass is 9.94. The number of nitrogens with one attached hydrogen (secondary N) is 2. The molecule has 2 aromatic rings. The SMILES string of the molecule is CCOC(=O)c1cc(C/C=C/[C@H](CSSC[C@@H](/C=C/Cc2ccc(C(C)C)c(C(=O)OCC)c2)NC(=O)OC(C)(C)C)NC(=O)OC(C)(C)C)ccc1C(C)C. The summed E-state index contributed by atoms with van der Waals surface area (Å²) in [6, 6.07) is 11.0. The maximum atomic E-state index is 12.8. The molecule has 0 heterocycles. The molecule has 10 nitrogen and oxygen atoms in total. The van der Waals surface area contributed by atoms with E-state index in [0.29, 0.717) is 48.7 Å². The van der Waals surface area contributed by atoms with E-state index in [1.807, 2.05) is 130 Å². The van der Waals surface area contributed by atoms with Crippen molar-refractivity contribution in [3.8, 4) is 0 Å². The van der Waals surface area contributed by atoms with Crippen LogP contribution in [0.3, 0.4) is 0 Å². The summed E-state index contributed by atoms with van der Waals surface area (Å²) < 4.78 is 21.7. The molecule has 310 valence electrons. The van der Waals surface area contributed by atoms with Crippen molar-refractivity contribution in [2.45, 2.75) is 131 Å². The van der Waals surface area contributed by atoms with Gasteiger partial charge in [0.1, 0.15) is 11.2 Å². The Hall–Kier alpha value is -3.90. The number of allylic oxidation sites excluding steroid dienone is 2. The van der Waals surface area contributed by atoms with Crippen LogP contribution in [0, 0.1) is 0 Å². The van der Waals surface area contributed by atoms with Gasteiger partial charge in [0, 0.05) is 11.5 Å². The third kappa shape index (κ3) is 18.4. The van der Waals surface area contributed by atoms with Crippen molar-refractivity contribution in [3.63, 3.8) is 0 Å². The lowest BCUT2D eigenvalue weighted by molar-refractivity contribution is 0.0506. The van der Waals surface area contributed by atoms with Crippen molar-refractivity contribution in [3.05, 3.63) is 94.1 Å². The van der Waals surface area contributed by atoms with Gasteiger partial charge in [0.25, 0.3) is 0 Å². The van der Waals surface area contributed by atoms with Crippen molar-refractivity contribution < 1.29 is 38.1 Å². The highest BCUT2D eigenvalue weighted by Crippen LogP contribution is 2.26. The Morgan fingerprint density at radius 1 is 0.625 bits per heavy atom. The smallest absolute Gasteiger partial charge is 0.408 e. The number of hydrogen-bond acceptors (Lipinski definition) is 10. The number of carbonyl (C=O) groups excluding carboxylic acids is 4. The third-order valence-corrected chi connectivity index (χ3v) is 10.4. The standard InChI is InChI=1S/C44H64N2O8S2/c1-13-51-39(47)37-25-31(21-23-35(37)29(3)4)17-15-19-33(45-41(49)53-43(7,8)9)27-55-56-28-34(46-42(50)54-44(10,11)12)20-16-18-32-22-24-36(30(5)6)38(26-32)40(48)52-14-2/h15-16,19-26,29-30,33-34H,13-14,17-18,27-28H2,1-12H3,(H,45,49)(H,46,50)/b19-15+,20-16+/t33-,34-/m1/s1. The minimum atomic E-state index is -0.661. The zero-order chi connectivity index (χ0) is 42.1. The minimum Gasteiger partial charge on any atom is -0.462 e. The molecule has 12 heteroatoms. The Labute approximate surface area is 343 Å². The molecule has 0 unspecified atom stereocenters. The van der Waals surface area contributed by atoms with Crippen LogP contribution in [-0.4, -0.2) is 72.1 Å². The average molecular weight is 813 g/mol. The fraction of sp³-hybridized carbons (Fsp3) is 0.545. The molecule has 56 heavy (non-hydrogen) atoms. The normalized spacial score (nSPS) is 13.2. The molecular formula is C44H64N2O8S2. The van der Waals surface area contributed by atoms with E-state index >= 15 is 0 Å². The van der Waals surface area contributed by atoms with Crippen LogP contribution < -0.4 is 10.6 Å². The largest absolute Gasteiger partial charge is 0.462 e. The Balaban J connectivity index is 2.21. The maximum Gasteiger partial charge on any atom is 0.408 e. The second-order valence-corrected chi connectivity index (χ2v) is 18.5. The Morgan fingerprint density at radius 2 is 0.982 bits per heavy atom. The van der Waals surface area contributed by atoms with Crippen molar-refractivity contribution in [1.82, 2.24) is 10.6 Å². The second-order valence-electron chi connectivity index (χ2n) is 15.9. The Kier molecular flexibility index (Phi) is 20.1. The van der Waals surface area contributed by atoms with Gasteiger partial charge >= 0.3 is 24.1 Å². The van der Waals surface area contributed by atoms with E-state index in [1.165, 1.54) is 0 Å². The molecule has 0 fully saturated rings. The number of benzene rings is 2. The summed E-state index contributed by atoms with van der Waals surface area (Å²) in [5.41, 5.74) is 3.58. The number of amides is 2. The molecule has 0 radical (unpaired) electrons. The van der Waals surface area contributed by atoms with Crippen LogP contribution in [-0.2, 0) is 31.8 Å². The maximum absolute atomic E-state index is 12.8. The molecular weight excluding hydrogens is 749 g/mol. The van der Waals surface area contributed by atoms with Crippen LogP contribution in [0.5, 0.6) is 0 Å². The molecule has 0 saturated heterocycles.